The molecular weight excluding hydrogens is 244 g/mol. The van der Waals surface area contributed by atoms with Crippen LogP contribution in [-0.4, -0.2) is 41.7 Å². The average Bonchev–Trinajstić information content (AvgIpc) is 2.70. The van der Waals surface area contributed by atoms with Crippen LogP contribution in [0.25, 0.3) is 0 Å². The summed E-state index contributed by atoms with van der Waals surface area (Å²) >= 11 is 0. The molecule has 1 fully saturated rings. The lowest BCUT2D eigenvalue weighted by Crippen LogP contribution is -2.32. The molecule has 0 radical (unpaired) electrons. The zero-order chi connectivity index (χ0) is 14.0. The molecule has 2 atom stereocenters. The molecule has 0 aromatic heterocycles. The lowest BCUT2D eigenvalue weighted by Gasteiger charge is -2.14. The van der Waals surface area contributed by atoms with Gasteiger partial charge >= 0.3 is 5.97 Å². The Bertz CT molecular complexity index is 536. The number of nitriles is 1. The highest BCUT2D eigenvalue weighted by Crippen LogP contribution is 2.23. The fourth-order valence-electron chi connectivity index (χ4n) is 2.35. The molecule has 0 spiro atoms. The number of ether oxygens (including phenoxy) is 1. The largest absolute Gasteiger partial charge is 0.489 e. The molecule has 0 unspecified atom stereocenters. The van der Waals surface area contributed by atoms with Gasteiger partial charge in [0.15, 0.2) is 0 Å². The van der Waals surface area contributed by atoms with E-state index in [1.165, 1.54) is 0 Å². The molecule has 1 aromatic rings. The van der Waals surface area contributed by atoms with Crippen molar-refractivity contribution >= 4 is 5.97 Å². The van der Waals surface area contributed by atoms with Crippen molar-refractivity contribution in [1.82, 2.24) is 4.90 Å². The second-order valence-electron chi connectivity index (χ2n) is 4.86. The summed E-state index contributed by atoms with van der Waals surface area (Å²) in [6.45, 7) is 2.45. The first-order valence-electron chi connectivity index (χ1n) is 6.11. The zero-order valence-corrected chi connectivity index (χ0v) is 11.0. The van der Waals surface area contributed by atoms with Gasteiger partial charge in [0.2, 0.25) is 0 Å². The molecule has 5 nitrogen and oxygen atoms in total. The highest BCUT2D eigenvalue weighted by atomic mass is 16.5. The van der Waals surface area contributed by atoms with E-state index in [2.05, 4.69) is 6.07 Å². The molecule has 5 heteroatoms. The third-order valence-electron chi connectivity index (χ3n) is 3.42. The summed E-state index contributed by atoms with van der Waals surface area (Å²) in [5.41, 5.74) is 1.49. The Morgan fingerprint density at radius 2 is 2.32 bits per heavy atom. The van der Waals surface area contributed by atoms with Crippen LogP contribution in [0.15, 0.2) is 18.2 Å². The lowest BCUT2D eigenvalue weighted by atomic mass is 10.1. The van der Waals surface area contributed by atoms with E-state index < -0.39 is 12.0 Å². The van der Waals surface area contributed by atoms with E-state index in [1.54, 1.807) is 24.1 Å². The Morgan fingerprint density at radius 3 is 2.84 bits per heavy atom. The van der Waals surface area contributed by atoms with E-state index in [-0.39, 0.29) is 6.10 Å². The first kappa shape index (κ1) is 13.4. The number of carbonyl (C=O) groups is 1. The summed E-state index contributed by atoms with van der Waals surface area (Å²) in [5, 5.41) is 17.9. The Hall–Kier alpha value is -2.06. The first-order chi connectivity index (χ1) is 9.01. The van der Waals surface area contributed by atoms with Crippen LogP contribution in [0.5, 0.6) is 5.75 Å². The molecule has 1 heterocycles. The van der Waals surface area contributed by atoms with Crippen molar-refractivity contribution in [2.75, 3.05) is 13.6 Å². The molecule has 1 N–H and O–H groups in total. The van der Waals surface area contributed by atoms with Crippen LogP contribution in [0.3, 0.4) is 0 Å². The van der Waals surface area contributed by atoms with Crippen molar-refractivity contribution in [3.63, 3.8) is 0 Å². The number of carboxylic acids is 1. The zero-order valence-electron chi connectivity index (χ0n) is 11.0. The van der Waals surface area contributed by atoms with Gasteiger partial charge in [-0.15, -0.1) is 0 Å². The fourth-order valence-corrected chi connectivity index (χ4v) is 2.35. The van der Waals surface area contributed by atoms with Crippen LogP contribution in [0.4, 0.5) is 0 Å². The van der Waals surface area contributed by atoms with Crippen LogP contribution in [-0.2, 0) is 4.79 Å². The summed E-state index contributed by atoms with van der Waals surface area (Å²) in [6.07, 6.45) is 0.351. The monoisotopic (exact) mass is 260 g/mol. The van der Waals surface area contributed by atoms with E-state index in [9.17, 15) is 4.79 Å². The molecule has 0 amide bonds. The summed E-state index contributed by atoms with van der Waals surface area (Å²) < 4.78 is 5.79. The minimum atomic E-state index is -0.815. The highest BCUT2D eigenvalue weighted by Gasteiger charge is 2.35. The topological polar surface area (TPSA) is 73.6 Å². The van der Waals surface area contributed by atoms with Crippen LogP contribution in [0.2, 0.25) is 0 Å². The van der Waals surface area contributed by atoms with Crippen molar-refractivity contribution in [1.29, 1.82) is 5.26 Å². The summed E-state index contributed by atoms with van der Waals surface area (Å²) in [6, 6.07) is 6.90. The third-order valence-corrected chi connectivity index (χ3v) is 3.42. The van der Waals surface area contributed by atoms with Crippen molar-refractivity contribution in [3.05, 3.63) is 29.3 Å². The number of carboxylic acid groups (broad SMARTS) is 1. The van der Waals surface area contributed by atoms with E-state index >= 15 is 0 Å². The molecule has 1 aliphatic rings. The summed E-state index contributed by atoms with van der Waals surface area (Å²) in [4.78, 5) is 12.8. The average molecular weight is 260 g/mol. The minimum absolute atomic E-state index is 0.126. The second kappa shape index (κ2) is 5.29. The van der Waals surface area contributed by atoms with Gasteiger partial charge in [-0.25, -0.2) is 0 Å². The van der Waals surface area contributed by atoms with Crippen LogP contribution in [0.1, 0.15) is 17.5 Å². The van der Waals surface area contributed by atoms with Gasteiger partial charge in [-0.2, -0.15) is 5.26 Å². The molecular formula is C14H16N2O3. The number of nitrogens with zero attached hydrogens (tertiary/aromatic N) is 2. The van der Waals surface area contributed by atoms with E-state index in [0.717, 1.165) is 5.56 Å². The van der Waals surface area contributed by atoms with Crippen molar-refractivity contribution < 1.29 is 14.6 Å². The minimum Gasteiger partial charge on any atom is -0.489 e. The highest BCUT2D eigenvalue weighted by molar-refractivity contribution is 5.73. The quantitative estimate of drug-likeness (QED) is 0.889. The molecule has 1 aromatic carbocycles. The predicted molar refractivity (Wildman–Crippen MR) is 69.0 cm³/mol. The molecule has 0 bridgehead atoms. The van der Waals surface area contributed by atoms with E-state index in [0.29, 0.717) is 24.3 Å². The normalized spacial score (nSPS) is 23.0. The molecule has 19 heavy (non-hydrogen) atoms. The van der Waals surface area contributed by atoms with Crippen LogP contribution in [0, 0.1) is 18.3 Å². The molecule has 1 aliphatic heterocycles. The molecule has 1 saturated heterocycles. The van der Waals surface area contributed by atoms with Crippen molar-refractivity contribution in [2.45, 2.75) is 25.5 Å². The van der Waals surface area contributed by atoms with Gasteiger partial charge in [-0.3, -0.25) is 9.69 Å². The Kier molecular flexibility index (Phi) is 3.72. The van der Waals surface area contributed by atoms with Gasteiger partial charge in [0.05, 0.1) is 11.6 Å². The standard InChI is InChI=1S/C14H16N2O3/c1-9-5-11(4-3-10(9)7-15)19-12-6-13(14(17)18)16(2)8-12/h3-5,12-13H,6,8H2,1-2H3,(H,17,18)/t12-,13+/m1/s1. The number of aliphatic carboxylic acids is 1. The Labute approximate surface area is 112 Å². The maximum absolute atomic E-state index is 11.0. The smallest absolute Gasteiger partial charge is 0.321 e. The number of likely N-dealkylation sites (tertiary alicyclic amines) is 1. The third kappa shape index (κ3) is 2.85. The fraction of sp³-hybridized carbons (Fsp3) is 0.429. The van der Waals surface area contributed by atoms with Crippen LogP contribution >= 0.6 is 0 Å². The van der Waals surface area contributed by atoms with Crippen molar-refractivity contribution in [3.8, 4) is 11.8 Å². The lowest BCUT2D eigenvalue weighted by molar-refractivity contribution is -0.141. The maximum Gasteiger partial charge on any atom is 0.321 e. The van der Waals surface area contributed by atoms with Gasteiger partial charge < -0.3 is 9.84 Å². The molecule has 2 rings (SSSR count). The van der Waals surface area contributed by atoms with Gasteiger partial charge in [0.25, 0.3) is 0 Å². The number of benzene rings is 1. The number of hydrogen-bond donors (Lipinski definition) is 1. The molecule has 0 saturated carbocycles. The van der Waals surface area contributed by atoms with Crippen LogP contribution < -0.4 is 4.74 Å². The Morgan fingerprint density at radius 1 is 1.58 bits per heavy atom. The van der Waals surface area contributed by atoms with E-state index in [1.807, 2.05) is 13.0 Å². The first-order valence-corrected chi connectivity index (χ1v) is 6.11. The number of aryl methyl sites for hydroxylation is 1. The van der Waals surface area contributed by atoms with E-state index in [4.69, 9.17) is 15.1 Å². The molecule has 0 aliphatic carbocycles. The Balaban J connectivity index is 2.05. The predicted octanol–water partition coefficient (Wildman–Crippen LogP) is 1.40. The van der Waals surface area contributed by atoms with Gasteiger partial charge in [0.1, 0.15) is 17.9 Å². The second-order valence-corrected chi connectivity index (χ2v) is 4.86. The number of rotatable bonds is 3. The number of likely N-dealkylation sites (N-methyl/N-ethyl adjacent to an activating group) is 1. The van der Waals surface area contributed by atoms with Gasteiger partial charge in [-0.1, -0.05) is 0 Å². The molecule has 100 valence electrons. The SMILES string of the molecule is Cc1cc(O[C@@H]2C[C@@H](C(=O)O)N(C)C2)ccc1C#N. The van der Waals surface area contributed by atoms with Crippen molar-refractivity contribution in [2.24, 2.45) is 0 Å². The summed E-state index contributed by atoms with van der Waals surface area (Å²) in [7, 11) is 1.78. The number of hydrogen-bond acceptors (Lipinski definition) is 4. The maximum atomic E-state index is 11.0. The van der Waals surface area contributed by atoms with Gasteiger partial charge in [-0.05, 0) is 37.7 Å². The summed E-state index contributed by atoms with van der Waals surface area (Å²) in [5.74, 6) is -0.134. The van der Waals surface area contributed by atoms with Gasteiger partial charge in [0, 0.05) is 13.0 Å².